The van der Waals surface area contributed by atoms with Gasteiger partial charge in [0.05, 0.1) is 12.7 Å². The van der Waals surface area contributed by atoms with Crippen LogP contribution in [0.2, 0.25) is 0 Å². The summed E-state index contributed by atoms with van der Waals surface area (Å²) < 4.78 is 8.14. The molecule has 7 heteroatoms. The van der Waals surface area contributed by atoms with Gasteiger partial charge in [-0.2, -0.15) is 5.10 Å². The number of ether oxygens (including phenoxy) is 1. The Bertz CT molecular complexity index is 758. The molecule has 0 saturated heterocycles. The van der Waals surface area contributed by atoms with Crippen molar-refractivity contribution in [1.82, 2.24) is 24.4 Å². The standard InChI is InChI=1S/C12H11N5O2/c1-16-9(5-6-13-16)11-15-14-10-4-3-8(7-17(10)11)12(18)19-2/h3-7H,1-2H3. The van der Waals surface area contributed by atoms with Crippen LogP contribution in [0, 0.1) is 0 Å². The second-order valence-electron chi connectivity index (χ2n) is 4.00. The largest absolute Gasteiger partial charge is 0.465 e. The molecule has 0 aliphatic carbocycles. The summed E-state index contributed by atoms with van der Waals surface area (Å²) in [5.74, 6) is 0.229. The molecule has 0 spiro atoms. The summed E-state index contributed by atoms with van der Waals surface area (Å²) in [6.07, 6.45) is 3.34. The highest BCUT2D eigenvalue weighted by molar-refractivity contribution is 5.89. The molecule has 0 fully saturated rings. The summed E-state index contributed by atoms with van der Waals surface area (Å²) in [5.41, 5.74) is 1.91. The van der Waals surface area contributed by atoms with E-state index in [1.807, 2.05) is 13.1 Å². The number of nitrogens with zero attached hydrogens (tertiary/aromatic N) is 5. The minimum Gasteiger partial charge on any atom is -0.465 e. The molecule has 96 valence electrons. The number of carbonyl (C=O) groups excluding carboxylic acids is 1. The van der Waals surface area contributed by atoms with Crippen molar-refractivity contribution in [2.75, 3.05) is 7.11 Å². The fraction of sp³-hybridized carbons (Fsp3) is 0.167. The van der Waals surface area contributed by atoms with Gasteiger partial charge in [-0.15, -0.1) is 10.2 Å². The van der Waals surface area contributed by atoms with E-state index in [1.165, 1.54) is 7.11 Å². The average molecular weight is 257 g/mol. The third-order valence-electron chi connectivity index (χ3n) is 2.87. The van der Waals surface area contributed by atoms with E-state index in [1.54, 1.807) is 33.6 Å². The second kappa shape index (κ2) is 4.20. The molecule has 3 heterocycles. The van der Waals surface area contributed by atoms with Gasteiger partial charge in [0.25, 0.3) is 0 Å². The van der Waals surface area contributed by atoms with Crippen molar-refractivity contribution < 1.29 is 9.53 Å². The zero-order chi connectivity index (χ0) is 13.4. The Balaban J connectivity index is 2.21. The van der Waals surface area contributed by atoms with E-state index in [-0.39, 0.29) is 0 Å². The van der Waals surface area contributed by atoms with Crippen LogP contribution in [0.15, 0.2) is 30.6 Å². The number of hydrogen-bond donors (Lipinski definition) is 0. The number of esters is 1. The van der Waals surface area contributed by atoms with Crippen molar-refractivity contribution in [1.29, 1.82) is 0 Å². The van der Waals surface area contributed by atoms with Crippen LogP contribution >= 0.6 is 0 Å². The quantitative estimate of drug-likeness (QED) is 0.638. The van der Waals surface area contributed by atoms with E-state index < -0.39 is 5.97 Å². The van der Waals surface area contributed by atoms with E-state index in [0.29, 0.717) is 17.0 Å². The van der Waals surface area contributed by atoms with Gasteiger partial charge in [-0.3, -0.25) is 9.08 Å². The number of fused-ring (bicyclic) bond motifs is 1. The van der Waals surface area contributed by atoms with Crippen LogP contribution in [0.1, 0.15) is 10.4 Å². The highest BCUT2D eigenvalue weighted by Crippen LogP contribution is 2.18. The Morgan fingerprint density at radius 3 is 2.79 bits per heavy atom. The van der Waals surface area contributed by atoms with Crippen LogP contribution < -0.4 is 0 Å². The first-order valence-corrected chi connectivity index (χ1v) is 5.62. The van der Waals surface area contributed by atoms with Crippen molar-refractivity contribution in [3.63, 3.8) is 0 Å². The van der Waals surface area contributed by atoms with Gasteiger partial charge in [-0.05, 0) is 18.2 Å². The number of hydrogen-bond acceptors (Lipinski definition) is 5. The molecule has 0 bridgehead atoms. The highest BCUT2D eigenvalue weighted by Gasteiger charge is 2.13. The van der Waals surface area contributed by atoms with E-state index in [0.717, 1.165) is 5.69 Å². The summed E-state index contributed by atoms with van der Waals surface area (Å²) in [6.45, 7) is 0. The second-order valence-corrected chi connectivity index (χ2v) is 4.00. The highest BCUT2D eigenvalue weighted by atomic mass is 16.5. The molecule has 0 aliphatic rings. The summed E-state index contributed by atoms with van der Waals surface area (Å²) in [4.78, 5) is 11.5. The molecule has 3 rings (SSSR count). The molecule has 0 atom stereocenters. The lowest BCUT2D eigenvalue weighted by molar-refractivity contribution is 0.0600. The third kappa shape index (κ3) is 1.75. The van der Waals surface area contributed by atoms with Crippen LogP contribution in [0.3, 0.4) is 0 Å². The zero-order valence-corrected chi connectivity index (χ0v) is 10.4. The van der Waals surface area contributed by atoms with Crippen LogP contribution in [-0.2, 0) is 11.8 Å². The number of aryl methyl sites for hydroxylation is 1. The predicted octanol–water partition coefficient (Wildman–Crippen LogP) is 0.916. The number of pyridine rings is 1. The number of carbonyl (C=O) groups is 1. The Kier molecular flexibility index (Phi) is 2.52. The van der Waals surface area contributed by atoms with Crippen LogP contribution in [0.4, 0.5) is 0 Å². The van der Waals surface area contributed by atoms with Crippen molar-refractivity contribution in [3.05, 3.63) is 36.2 Å². The van der Waals surface area contributed by atoms with E-state index >= 15 is 0 Å². The minimum atomic E-state index is -0.397. The Morgan fingerprint density at radius 1 is 1.26 bits per heavy atom. The molecule has 0 amide bonds. The number of aromatic nitrogens is 5. The van der Waals surface area contributed by atoms with Crippen LogP contribution in [0.5, 0.6) is 0 Å². The van der Waals surface area contributed by atoms with E-state index in [9.17, 15) is 4.79 Å². The van der Waals surface area contributed by atoms with Gasteiger partial charge in [0.1, 0.15) is 5.69 Å². The average Bonchev–Trinajstić information content (AvgIpc) is 3.02. The van der Waals surface area contributed by atoms with E-state index in [4.69, 9.17) is 4.74 Å². The van der Waals surface area contributed by atoms with Gasteiger partial charge < -0.3 is 4.74 Å². The molecular formula is C12H11N5O2. The first kappa shape index (κ1) is 11.4. The summed E-state index contributed by atoms with van der Waals surface area (Å²) in [5, 5.41) is 12.3. The van der Waals surface area contributed by atoms with Gasteiger partial charge in [0, 0.05) is 19.4 Å². The molecule has 0 aliphatic heterocycles. The fourth-order valence-corrected chi connectivity index (χ4v) is 1.90. The van der Waals surface area contributed by atoms with Crippen molar-refractivity contribution in [2.24, 2.45) is 7.05 Å². The van der Waals surface area contributed by atoms with Gasteiger partial charge in [0.15, 0.2) is 11.5 Å². The molecule has 0 radical (unpaired) electrons. The van der Waals surface area contributed by atoms with Gasteiger partial charge in [0.2, 0.25) is 0 Å². The predicted molar refractivity (Wildman–Crippen MR) is 66.5 cm³/mol. The lowest BCUT2D eigenvalue weighted by atomic mass is 10.3. The third-order valence-corrected chi connectivity index (χ3v) is 2.87. The SMILES string of the molecule is COC(=O)c1ccc2nnc(-c3ccnn3C)n2c1. The maximum absolute atomic E-state index is 11.5. The number of methoxy groups -OCH3 is 1. The van der Waals surface area contributed by atoms with Crippen LogP contribution in [-0.4, -0.2) is 37.5 Å². The Hall–Kier alpha value is -2.70. The van der Waals surface area contributed by atoms with Gasteiger partial charge in [-0.1, -0.05) is 0 Å². The molecule has 0 N–H and O–H groups in total. The maximum Gasteiger partial charge on any atom is 0.339 e. The first-order chi connectivity index (χ1) is 9.20. The molecular weight excluding hydrogens is 246 g/mol. The maximum atomic E-state index is 11.5. The molecule has 3 aromatic rings. The monoisotopic (exact) mass is 257 g/mol. The molecule has 0 saturated carbocycles. The zero-order valence-electron chi connectivity index (χ0n) is 10.4. The molecule has 0 aromatic carbocycles. The normalized spacial score (nSPS) is 10.8. The lowest BCUT2D eigenvalue weighted by Crippen LogP contribution is -2.04. The lowest BCUT2D eigenvalue weighted by Gasteiger charge is -2.03. The molecule has 7 nitrogen and oxygen atoms in total. The Labute approximate surface area is 108 Å². The van der Waals surface area contributed by atoms with Crippen molar-refractivity contribution in [2.45, 2.75) is 0 Å². The topological polar surface area (TPSA) is 74.3 Å². The smallest absolute Gasteiger partial charge is 0.339 e. The summed E-state index contributed by atoms with van der Waals surface area (Å²) >= 11 is 0. The van der Waals surface area contributed by atoms with Crippen LogP contribution in [0.25, 0.3) is 17.2 Å². The molecule has 19 heavy (non-hydrogen) atoms. The fourth-order valence-electron chi connectivity index (χ4n) is 1.90. The first-order valence-electron chi connectivity index (χ1n) is 5.62. The summed E-state index contributed by atoms with van der Waals surface area (Å²) in [7, 11) is 3.17. The van der Waals surface area contributed by atoms with Gasteiger partial charge >= 0.3 is 5.97 Å². The molecule has 3 aromatic heterocycles. The van der Waals surface area contributed by atoms with Crippen molar-refractivity contribution in [3.8, 4) is 11.5 Å². The minimum absolute atomic E-state index is 0.397. The van der Waals surface area contributed by atoms with Gasteiger partial charge in [-0.25, -0.2) is 4.79 Å². The summed E-state index contributed by atoms with van der Waals surface area (Å²) in [6, 6.07) is 5.21. The van der Waals surface area contributed by atoms with Crippen molar-refractivity contribution >= 4 is 11.6 Å². The Morgan fingerprint density at radius 2 is 2.11 bits per heavy atom. The molecule has 0 unspecified atom stereocenters. The number of rotatable bonds is 2. The van der Waals surface area contributed by atoms with E-state index in [2.05, 4.69) is 15.3 Å².